The maximum absolute atomic E-state index is 10.1. The molecule has 1 heterocycles. The van der Waals surface area contributed by atoms with Crippen LogP contribution in [0.4, 0.5) is 0 Å². The zero-order valence-electron chi connectivity index (χ0n) is 12.9. The maximum atomic E-state index is 10.1. The lowest BCUT2D eigenvalue weighted by Crippen LogP contribution is -2.46. The van der Waals surface area contributed by atoms with Crippen LogP contribution >= 0.6 is 0 Å². The van der Waals surface area contributed by atoms with Gasteiger partial charge < -0.3 is 10.4 Å². The van der Waals surface area contributed by atoms with Crippen LogP contribution in [-0.4, -0.2) is 28.0 Å². The molecule has 4 heteroatoms. The van der Waals surface area contributed by atoms with Gasteiger partial charge in [-0.05, 0) is 37.9 Å². The molecular formula is C17H25N3O. The van der Waals surface area contributed by atoms with Crippen LogP contribution in [0, 0.1) is 6.92 Å². The molecule has 114 valence electrons. The normalized spacial score (nSPS) is 14.0. The summed E-state index contributed by atoms with van der Waals surface area (Å²) < 4.78 is 1.99. The van der Waals surface area contributed by atoms with E-state index in [0.29, 0.717) is 0 Å². The molecule has 1 unspecified atom stereocenters. The Morgan fingerprint density at radius 1 is 1.24 bits per heavy atom. The summed E-state index contributed by atoms with van der Waals surface area (Å²) in [5, 5.41) is 17.9. The van der Waals surface area contributed by atoms with E-state index in [4.69, 9.17) is 0 Å². The molecule has 0 aliphatic carbocycles. The molecule has 1 aromatic heterocycles. The molecule has 0 aliphatic heterocycles. The summed E-state index contributed by atoms with van der Waals surface area (Å²) in [7, 11) is 0. The molecule has 0 radical (unpaired) electrons. The molecule has 0 aliphatic rings. The van der Waals surface area contributed by atoms with Gasteiger partial charge in [0.15, 0.2) is 0 Å². The van der Waals surface area contributed by atoms with Crippen molar-refractivity contribution in [2.75, 3.05) is 13.2 Å². The van der Waals surface area contributed by atoms with Gasteiger partial charge in [-0.3, -0.25) is 4.68 Å². The molecule has 0 saturated carbocycles. The smallest absolute Gasteiger partial charge is 0.0686 e. The number of nitrogens with one attached hydrogen (secondary N) is 1. The van der Waals surface area contributed by atoms with Crippen molar-refractivity contribution in [3.8, 4) is 0 Å². The van der Waals surface area contributed by atoms with Crippen molar-refractivity contribution in [2.45, 2.75) is 38.8 Å². The van der Waals surface area contributed by atoms with Gasteiger partial charge in [0.1, 0.15) is 0 Å². The van der Waals surface area contributed by atoms with E-state index < -0.39 is 5.54 Å². The van der Waals surface area contributed by atoms with Crippen LogP contribution in [0.2, 0.25) is 0 Å². The van der Waals surface area contributed by atoms with Crippen LogP contribution in [-0.2, 0) is 12.1 Å². The van der Waals surface area contributed by atoms with Gasteiger partial charge in [-0.25, -0.2) is 0 Å². The summed E-state index contributed by atoms with van der Waals surface area (Å²) in [5.74, 6) is 0. The Balaban J connectivity index is 2.20. The molecule has 1 aromatic carbocycles. The number of benzene rings is 1. The fourth-order valence-electron chi connectivity index (χ4n) is 2.61. The van der Waals surface area contributed by atoms with Gasteiger partial charge in [0.05, 0.1) is 12.1 Å². The van der Waals surface area contributed by atoms with Gasteiger partial charge in [0.25, 0.3) is 0 Å². The molecule has 0 bridgehead atoms. The molecule has 2 rings (SSSR count). The highest BCUT2D eigenvalue weighted by molar-refractivity contribution is 5.24. The van der Waals surface area contributed by atoms with E-state index in [0.717, 1.165) is 37.2 Å². The minimum Gasteiger partial charge on any atom is -0.394 e. The Labute approximate surface area is 126 Å². The lowest BCUT2D eigenvalue weighted by Gasteiger charge is -2.34. The van der Waals surface area contributed by atoms with Gasteiger partial charge in [0, 0.05) is 18.4 Å². The average Bonchev–Trinajstić information content (AvgIpc) is 2.94. The Hall–Kier alpha value is -1.65. The Morgan fingerprint density at radius 2 is 2.00 bits per heavy atom. The number of nitrogens with zero attached hydrogens (tertiary/aromatic N) is 2. The number of hydrogen-bond acceptors (Lipinski definition) is 3. The van der Waals surface area contributed by atoms with Crippen molar-refractivity contribution < 1.29 is 5.11 Å². The van der Waals surface area contributed by atoms with Crippen LogP contribution in [0.3, 0.4) is 0 Å². The average molecular weight is 287 g/mol. The summed E-state index contributed by atoms with van der Waals surface area (Å²) in [4.78, 5) is 0. The number of aromatic nitrogens is 2. The van der Waals surface area contributed by atoms with Crippen LogP contribution in [0.15, 0.2) is 42.6 Å². The first kappa shape index (κ1) is 15.7. The van der Waals surface area contributed by atoms with Gasteiger partial charge in [-0.1, -0.05) is 37.3 Å². The lowest BCUT2D eigenvalue weighted by atomic mass is 9.87. The zero-order valence-corrected chi connectivity index (χ0v) is 12.9. The number of hydrogen-bond donors (Lipinski definition) is 2. The number of aliphatic hydroxyl groups excluding tert-OH is 1. The van der Waals surface area contributed by atoms with E-state index in [-0.39, 0.29) is 6.61 Å². The van der Waals surface area contributed by atoms with Gasteiger partial charge in [0.2, 0.25) is 0 Å². The molecule has 4 nitrogen and oxygen atoms in total. The molecule has 0 spiro atoms. The van der Waals surface area contributed by atoms with E-state index in [1.807, 2.05) is 35.1 Å². The topological polar surface area (TPSA) is 50.1 Å². The second kappa shape index (κ2) is 7.38. The Morgan fingerprint density at radius 3 is 2.57 bits per heavy atom. The largest absolute Gasteiger partial charge is 0.394 e. The highest BCUT2D eigenvalue weighted by Gasteiger charge is 2.30. The minimum absolute atomic E-state index is 0.0807. The second-order valence-electron chi connectivity index (χ2n) is 5.48. The quantitative estimate of drug-likeness (QED) is 0.784. The number of aryl methyl sites for hydroxylation is 2. The maximum Gasteiger partial charge on any atom is 0.0686 e. The third-order valence-corrected chi connectivity index (χ3v) is 3.99. The summed E-state index contributed by atoms with van der Waals surface area (Å²) in [6, 6.07) is 12.2. The second-order valence-corrected chi connectivity index (χ2v) is 5.48. The van der Waals surface area contributed by atoms with E-state index in [9.17, 15) is 5.11 Å². The zero-order chi connectivity index (χ0) is 15.1. The van der Waals surface area contributed by atoms with Crippen molar-refractivity contribution in [3.63, 3.8) is 0 Å². The predicted molar refractivity (Wildman–Crippen MR) is 85.1 cm³/mol. The summed E-state index contributed by atoms with van der Waals surface area (Å²) >= 11 is 0. The summed E-state index contributed by atoms with van der Waals surface area (Å²) in [5.41, 5.74) is 1.87. The highest BCUT2D eigenvalue weighted by Crippen LogP contribution is 2.25. The van der Waals surface area contributed by atoms with Crippen molar-refractivity contribution >= 4 is 0 Å². The lowest BCUT2D eigenvalue weighted by molar-refractivity contribution is 0.144. The summed E-state index contributed by atoms with van der Waals surface area (Å²) in [6.07, 6.45) is 3.66. The fourth-order valence-corrected chi connectivity index (χ4v) is 2.61. The van der Waals surface area contributed by atoms with Crippen LogP contribution in [0.5, 0.6) is 0 Å². The van der Waals surface area contributed by atoms with Crippen LogP contribution < -0.4 is 5.32 Å². The Kier molecular flexibility index (Phi) is 5.53. The minimum atomic E-state index is -0.407. The molecule has 1 atom stereocenters. The predicted octanol–water partition coefficient (Wildman–Crippen LogP) is 2.47. The fraction of sp³-hybridized carbons (Fsp3) is 0.471. The monoisotopic (exact) mass is 287 g/mol. The standard InChI is InChI=1S/C17H25N3O/c1-3-11-18-17(14-21,16-7-5-4-6-8-16)10-13-20-15(2)9-12-19-20/h4-9,12,18,21H,3,10-11,13-14H2,1-2H3. The third-order valence-electron chi connectivity index (χ3n) is 3.99. The first-order chi connectivity index (χ1) is 10.2. The molecule has 0 saturated heterocycles. The van der Waals surface area contributed by atoms with Crippen molar-refractivity contribution in [1.29, 1.82) is 0 Å². The van der Waals surface area contributed by atoms with Crippen molar-refractivity contribution in [1.82, 2.24) is 15.1 Å². The van der Waals surface area contributed by atoms with Gasteiger partial charge in [-0.2, -0.15) is 5.10 Å². The number of rotatable bonds is 8. The van der Waals surface area contributed by atoms with Gasteiger partial charge >= 0.3 is 0 Å². The van der Waals surface area contributed by atoms with Crippen LogP contribution in [0.1, 0.15) is 31.0 Å². The molecule has 0 amide bonds. The molecule has 21 heavy (non-hydrogen) atoms. The van der Waals surface area contributed by atoms with Crippen molar-refractivity contribution in [2.24, 2.45) is 0 Å². The van der Waals surface area contributed by atoms with Gasteiger partial charge in [-0.15, -0.1) is 0 Å². The van der Waals surface area contributed by atoms with E-state index >= 15 is 0 Å². The van der Waals surface area contributed by atoms with Crippen molar-refractivity contribution in [3.05, 3.63) is 53.9 Å². The first-order valence-electron chi connectivity index (χ1n) is 7.61. The third kappa shape index (κ3) is 3.71. The van der Waals surface area contributed by atoms with E-state index in [1.54, 1.807) is 0 Å². The number of aliphatic hydroxyl groups is 1. The van der Waals surface area contributed by atoms with Crippen LogP contribution in [0.25, 0.3) is 0 Å². The molecule has 2 aromatic rings. The summed E-state index contributed by atoms with van der Waals surface area (Å²) in [6.45, 7) is 5.93. The first-order valence-corrected chi connectivity index (χ1v) is 7.61. The highest BCUT2D eigenvalue weighted by atomic mass is 16.3. The molecule has 2 N–H and O–H groups in total. The SMILES string of the molecule is CCCNC(CO)(CCn1nccc1C)c1ccccc1. The Bertz CT molecular complexity index is 538. The molecular weight excluding hydrogens is 262 g/mol. The van der Waals surface area contributed by atoms with E-state index in [1.165, 1.54) is 0 Å². The van der Waals surface area contributed by atoms with E-state index in [2.05, 4.69) is 36.4 Å². The molecule has 0 fully saturated rings.